The van der Waals surface area contributed by atoms with Gasteiger partial charge in [-0.3, -0.25) is 9.36 Å². The highest BCUT2D eigenvalue weighted by molar-refractivity contribution is 7.54. The van der Waals surface area contributed by atoms with Crippen molar-refractivity contribution in [1.29, 1.82) is 0 Å². The van der Waals surface area contributed by atoms with Gasteiger partial charge in [0.2, 0.25) is 0 Å². The molecular formula is C29H59O7PSi2. The molecule has 0 saturated carbocycles. The number of Topliss-reactive ketones (excluding diaryl/α,β-unsaturated/α-hetero) is 1. The van der Waals surface area contributed by atoms with Gasteiger partial charge in [-0.1, -0.05) is 67.5 Å². The Balaban J connectivity index is 6.62. The lowest BCUT2D eigenvalue weighted by molar-refractivity contribution is -0.122. The number of carbonyl (C=O) groups is 1. The number of carbonyl (C=O) groups excluding carboxylic acids is 1. The fourth-order valence-electron chi connectivity index (χ4n) is 4.53. The van der Waals surface area contributed by atoms with Crippen molar-refractivity contribution >= 4 is 30.0 Å². The third-order valence-corrected chi connectivity index (χ3v) is 19.6. The molecule has 0 heterocycles. The van der Waals surface area contributed by atoms with Gasteiger partial charge in [-0.15, -0.1) is 6.58 Å². The molecule has 0 fully saturated rings. The summed E-state index contributed by atoms with van der Waals surface area (Å²) in [6.45, 7) is 27.6. The largest absolute Gasteiger partial charge is 0.410 e. The van der Waals surface area contributed by atoms with E-state index >= 15 is 0 Å². The molecule has 0 aliphatic heterocycles. The Hall–Kier alpha value is -0.386. The molecule has 0 aliphatic rings. The summed E-state index contributed by atoms with van der Waals surface area (Å²) in [6, 6.07) is 2.86. The SMILES string of the molecule is C=C[C@H](OC)[C@@H](O[Si](C)(C)C(C)(C)C)C(C)/C=C(/C)[C@H](O[Si](CC)(CC)CC)C(C)C(=O)CP(=O)(OC)OC. The Morgan fingerprint density at radius 1 is 0.974 bits per heavy atom. The maximum absolute atomic E-state index is 13.4. The van der Waals surface area contributed by atoms with Crippen molar-refractivity contribution in [2.75, 3.05) is 27.5 Å². The zero-order valence-corrected chi connectivity index (χ0v) is 30.3. The topological polar surface area (TPSA) is 80.3 Å². The Labute approximate surface area is 242 Å². The minimum atomic E-state index is -3.49. The molecule has 7 nitrogen and oxygen atoms in total. The van der Waals surface area contributed by atoms with Crippen molar-refractivity contribution in [1.82, 2.24) is 0 Å². The van der Waals surface area contributed by atoms with Gasteiger partial charge < -0.3 is 22.6 Å². The van der Waals surface area contributed by atoms with E-state index in [-0.39, 0.29) is 35.1 Å². The lowest BCUT2D eigenvalue weighted by Crippen LogP contribution is -2.49. The molecule has 0 N–H and O–H groups in total. The predicted molar refractivity (Wildman–Crippen MR) is 169 cm³/mol. The average Bonchev–Trinajstić information content (AvgIpc) is 2.88. The van der Waals surface area contributed by atoms with E-state index in [1.165, 1.54) is 14.2 Å². The van der Waals surface area contributed by atoms with E-state index in [2.05, 4.69) is 74.2 Å². The average molecular weight is 607 g/mol. The molecule has 0 aromatic heterocycles. The summed E-state index contributed by atoms with van der Waals surface area (Å²) in [5.74, 6) is -0.768. The van der Waals surface area contributed by atoms with Crippen LogP contribution in [0.15, 0.2) is 24.3 Å². The van der Waals surface area contributed by atoms with Gasteiger partial charge in [0, 0.05) is 33.2 Å². The molecule has 2 unspecified atom stereocenters. The monoisotopic (exact) mass is 606 g/mol. The van der Waals surface area contributed by atoms with Crippen LogP contribution in [0.5, 0.6) is 0 Å². The van der Waals surface area contributed by atoms with E-state index in [4.69, 9.17) is 22.6 Å². The maximum atomic E-state index is 13.4. The highest BCUT2D eigenvalue weighted by atomic mass is 31.2. The normalized spacial score (nSPS) is 17.8. The first kappa shape index (κ1) is 38.6. The molecule has 0 aromatic rings. The fourth-order valence-corrected chi connectivity index (χ4v) is 9.91. The highest BCUT2D eigenvalue weighted by Crippen LogP contribution is 2.47. The van der Waals surface area contributed by atoms with Crippen LogP contribution in [0, 0.1) is 11.8 Å². The van der Waals surface area contributed by atoms with Gasteiger partial charge in [0.05, 0.1) is 12.2 Å². The number of hydrogen-bond donors (Lipinski definition) is 0. The van der Waals surface area contributed by atoms with Crippen LogP contribution in [0.2, 0.25) is 36.3 Å². The van der Waals surface area contributed by atoms with Crippen LogP contribution in [0.4, 0.5) is 0 Å². The summed E-state index contributed by atoms with van der Waals surface area (Å²) in [4.78, 5) is 13.4. The zero-order chi connectivity index (χ0) is 30.8. The first-order valence-corrected chi connectivity index (χ1v) is 21.5. The lowest BCUT2D eigenvalue weighted by atomic mass is 9.90. The minimum Gasteiger partial charge on any atom is -0.410 e. The molecule has 0 radical (unpaired) electrons. The van der Waals surface area contributed by atoms with Gasteiger partial charge in [-0.25, -0.2) is 0 Å². The van der Waals surface area contributed by atoms with Crippen molar-refractivity contribution in [3.05, 3.63) is 24.3 Å². The van der Waals surface area contributed by atoms with Crippen molar-refractivity contribution in [2.24, 2.45) is 11.8 Å². The van der Waals surface area contributed by atoms with Crippen LogP contribution < -0.4 is 0 Å². The van der Waals surface area contributed by atoms with Crippen molar-refractivity contribution < 1.29 is 32.0 Å². The third-order valence-electron chi connectivity index (χ3n) is 8.74. The van der Waals surface area contributed by atoms with Crippen LogP contribution in [0.3, 0.4) is 0 Å². The highest BCUT2D eigenvalue weighted by Gasteiger charge is 2.43. The first-order chi connectivity index (χ1) is 17.9. The number of ether oxygens (including phenoxy) is 1. The summed E-state index contributed by atoms with van der Waals surface area (Å²) in [6.07, 6.45) is 2.68. The van der Waals surface area contributed by atoms with Crippen LogP contribution >= 0.6 is 7.60 Å². The Morgan fingerprint density at radius 3 is 1.82 bits per heavy atom. The second kappa shape index (κ2) is 16.3. The van der Waals surface area contributed by atoms with Crippen molar-refractivity contribution in [2.45, 2.75) is 117 Å². The molecular weight excluding hydrogens is 547 g/mol. The first-order valence-electron chi connectivity index (χ1n) is 14.3. The Kier molecular flexibility index (Phi) is 16.1. The molecule has 0 amide bonds. The quantitative estimate of drug-likeness (QED) is 0.0832. The third kappa shape index (κ3) is 10.8. The van der Waals surface area contributed by atoms with Crippen LogP contribution in [-0.2, 0) is 32.0 Å². The molecule has 10 heteroatoms. The Bertz CT molecular complexity index is 833. The molecule has 0 aromatic carbocycles. The van der Waals surface area contributed by atoms with E-state index in [1.54, 1.807) is 13.2 Å². The van der Waals surface area contributed by atoms with Gasteiger partial charge in [0.1, 0.15) is 12.3 Å². The Morgan fingerprint density at radius 2 is 1.46 bits per heavy atom. The summed E-state index contributed by atoms with van der Waals surface area (Å²) in [5, 5.41) is 0.0288. The van der Waals surface area contributed by atoms with E-state index in [1.807, 2.05) is 13.8 Å². The van der Waals surface area contributed by atoms with Gasteiger partial charge in [-0.05, 0) is 48.8 Å². The van der Waals surface area contributed by atoms with E-state index < -0.39 is 36.3 Å². The molecule has 0 spiro atoms. The van der Waals surface area contributed by atoms with Gasteiger partial charge in [0.15, 0.2) is 22.4 Å². The smallest absolute Gasteiger partial charge is 0.337 e. The number of ketones is 1. The molecule has 230 valence electrons. The maximum Gasteiger partial charge on any atom is 0.337 e. The van der Waals surface area contributed by atoms with Crippen molar-refractivity contribution in [3.8, 4) is 0 Å². The van der Waals surface area contributed by atoms with Gasteiger partial charge >= 0.3 is 7.60 Å². The summed E-state index contributed by atoms with van der Waals surface area (Å²) in [5.41, 5.74) is 0.961. The van der Waals surface area contributed by atoms with Crippen LogP contribution in [0.1, 0.15) is 62.3 Å². The molecule has 5 atom stereocenters. The summed E-state index contributed by atoms with van der Waals surface area (Å²) < 4.78 is 42.5. The second-order valence-corrected chi connectivity index (χ2v) is 24.0. The van der Waals surface area contributed by atoms with Gasteiger partial charge in [-0.2, -0.15) is 0 Å². The van der Waals surface area contributed by atoms with E-state index in [9.17, 15) is 9.36 Å². The molecule has 0 aliphatic carbocycles. The molecule has 0 saturated heterocycles. The molecule has 0 rings (SSSR count). The summed E-state index contributed by atoms with van der Waals surface area (Å²) in [7, 11) is -3.43. The van der Waals surface area contributed by atoms with E-state index in [0.29, 0.717) is 0 Å². The lowest BCUT2D eigenvalue weighted by Gasteiger charge is -2.42. The molecule has 0 bridgehead atoms. The fraction of sp³-hybridized carbons (Fsp3) is 0.828. The zero-order valence-electron chi connectivity index (χ0n) is 27.4. The van der Waals surface area contributed by atoms with Crippen LogP contribution in [-0.4, -0.2) is 68.2 Å². The second-order valence-electron chi connectivity index (χ2n) is 12.2. The molecule has 39 heavy (non-hydrogen) atoms. The van der Waals surface area contributed by atoms with Crippen LogP contribution in [0.25, 0.3) is 0 Å². The summed E-state index contributed by atoms with van der Waals surface area (Å²) >= 11 is 0. The minimum absolute atomic E-state index is 0.0288. The van der Waals surface area contributed by atoms with E-state index in [0.717, 1.165) is 23.7 Å². The van der Waals surface area contributed by atoms with Crippen molar-refractivity contribution in [3.63, 3.8) is 0 Å². The standard InChI is InChI=1S/C29H59O7PSi2/c1-16-26(32-11)28(35-38(14,15)29(8,9)10)23(6)20-22(5)27(36-39(17-2,18-3)19-4)24(7)25(30)21-37(31,33-12)34-13/h16,20,23-24,26-28H,1,17-19,21H2,2-15H3/b22-20-/t23?,24?,26-,27-,28-/m0/s1. The predicted octanol–water partition coefficient (Wildman–Crippen LogP) is 8.24. The number of rotatable bonds is 19. The van der Waals surface area contributed by atoms with Gasteiger partial charge in [0.25, 0.3) is 0 Å². The number of hydrogen-bond acceptors (Lipinski definition) is 7. The number of methoxy groups -OCH3 is 1.